The second-order valence-corrected chi connectivity index (χ2v) is 10.9. The normalized spacial score (nSPS) is 11.4. The fraction of sp³-hybridized carbons (Fsp3) is 0.647. The van der Waals surface area contributed by atoms with Crippen LogP contribution in [0, 0.1) is 0 Å². The monoisotopic (exact) mass is 520 g/mol. The molecule has 4 nitrogen and oxygen atoms in total. The van der Waals surface area contributed by atoms with Crippen LogP contribution in [0.1, 0.15) is 129 Å². The summed E-state index contributed by atoms with van der Waals surface area (Å²) in [6, 6.07) is 12.3. The third-order valence-corrected chi connectivity index (χ3v) is 7.48. The second-order valence-electron chi connectivity index (χ2n) is 10.9. The van der Waals surface area contributed by atoms with Gasteiger partial charge in [-0.2, -0.15) is 0 Å². The van der Waals surface area contributed by atoms with Crippen molar-refractivity contribution in [3.8, 4) is 11.8 Å². The molecule has 0 aliphatic heterocycles. The highest BCUT2D eigenvalue weighted by molar-refractivity contribution is 6.04. The van der Waals surface area contributed by atoms with Crippen LogP contribution in [-0.2, 0) is 0 Å². The van der Waals surface area contributed by atoms with Crippen molar-refractivity contribution < 1.29 is 9.47 Å². The summed E-state index contributed by atoms with van der Waals surface area (Å²) in [7, 11) is 0. The lowest BCUT2D eigenvalue weighted by atomic mass is 10.1. The number of unbranched alkanes of at least 4 members (excludes halogenated alkanes) is 16. The summed E-state index contributed by atoms with van der Waals surface area (Å²) in [5.41, 5.74) is 1.90. The molecule has 0 fully saturated rings. The molecule has 1 aromatic carbocycles. The van der Waals surface area contributed by atoms with Gasteiger partial charge in [0.1, 0.15) is 0 Å². The predicted octanol–water partition coefficient (Wildman–Crippen LogP) is 10.6. The van der Waals surface area contributed by atoms with Crippen molar-refractivity contribution in [3.63, 3.8) is 0 Å². The van der Waals surface area contributed by atoms with Gasteiger partial charge >= 0.3 is 0 Å². The zero-order chi connectivity index (χ0) is 26.7. The fourth-order valence-corrected chi connectivity index (χ4v) is 5.12. The summed E-state index contributed by atoms with van der Waals surface area (Å²) in [6.45, 7) is 6.02. The molecule has 0 amide bonds. The van der Waals surface area contributed by atoms with E-state index in [1.165, 1.54) is 103 Å². The van der Waals surface area contributed by atoms with Crippen molar-refractivity contribution in [3.05, 3.63) is 36.4 Å². The molecule has 0 saturated heterocycles. The van der Waals surface area contributed by atoms with Gasteiger partial charge in [-0.15, -0.1) is 0 Å². The molecule has 0 spiro atoms. The Labute approximate surface area is 231 Å². The average molecular weight is 521 g/mol. The third-order valence-electron chi connectivity index (χ3n) is 7.48. The Bertz CT molecular complexity index is 1040. The number of benzene rings is 1. The van der Waals surface area contributed by atoms with Crippen molar-refractivity contribution in [2.45, 2.75) is 129 Å². The first kappa shape index (κ1) is 30.2. The van der Waals surface area contributed by atoms with Crippen LogP contribution < -0.4 is 9.47 Å². The largest absolute Gasteiger partial charge is 0.478 e. The van der Waals surface area contributed by atoms with Gasteiger partial charge in [0.05, 0.1) is 24.2 Å². The van der Waals surface area contributed by atoms with E-state index >= 15 is 0 Å². The smallest absolute Gasteiger partial charge is 0.213 e. The molecule has 38 heavy (non-hydrogen) atoms. The molecule has 0 aliphatic carbocycles. The van der Waals surface area contributed by atoms with E-state index in [9.17, 15) is 0 Å². The van der Waals surface area contributed by atoms with Crippen molar-refractivity contribution in [1.29, 1.82) is 0 Å². The summed E-state index contributed by atoms with van der Waals surface area (Å²) < 4.78 is 11.9. The molecule has 0 N–H and O–H groups in total. The van der Waals surface area contributed by atoms with E-state index < -0.39 is 0 Å². The van der Waals surface area contributed by atoms with Gasteiger partial charge in [-0.3, -0.25) is 0 Å². The van der Waals surface area contributed by atoms with Crippen LogP contribution in [0.2, 0.25) is 0 Å². The van der Waals surface area contributed by atoms with Gasteiger partial charge in [0.25, 0.3) is 0 Å². The minimum atomic E-state index is 0.712. The topological polar surface area (TPSA) is 44.2 Å². The molecule has 0 atom stereocenters. The summed E-state index contributed by atoms with van der Waals surface area (Å²) in [5.74, 6) is 1.43. The lowest BCUT2D eigenvalue weighted by Crippen LogP contribution is -2.00. The van der Waals surface area contributed by atoms with Crippen LogP contribution in [0.3, 0.4) is 0 Å². The molecule has 3 rings (SSSR count). The average Bonchev–Trinajstić information content (AvgIpc) is 2.94. The number of nitrogens with zero attached hydrogens (tertiary/aromatic N) is 2. The van der Waals surface area contributed by atoms with Gasteiger partial charge in [-0.05, 0) is 37.1 Å². The Morgan fingerprint density at radius 1 is 0.421 bits per heavy atom. The summed E-state index contributed by atoms with van der Waals surface area (Å²) in [6.07, 6.45) is 23.7. The van der Waals surface area contributed by atoms with Crippen LogP contribution in [0.15, 0.2) is 36.4 Å². The second kappa shape index (κ2) is 18.8. The Morgan fingerprint density at radius 3 is 1.13 bits per heavy atom. The quantitative estimate of drug-likeness (QED) is 0.0976. The van der Waals surface area contributed by atoms with Crippen molar-refractivity contribution in [2.75, 3.05) is 13.2 Å². The van der Waals surface area contributed by atoms with Crippen molar-refractivity contribution in [2.24, 2.45) is 0 Å². The molecule has 0 saturated carbocycles. The molecule has 0 aliphatic rings. The molecule has 0 bridgehead atoms. The molecule has 4 heteroatoms. The van der Waals surface area contributed by atoms with E-state index in [1.807, 2.05) is 24.3 Å². The Hall–Kier alpha value is -2.36. The Kier molecular flexibility index (Phi) is 14.9. The molecular weight excluding hydrogens is 468 g/mol. The van der Waals surface area contributed by atoms with Crippen LogP contribution in [0.25, 0.3) is 21.8 Å². The number of hydrogen-bond donors (Lipinski definition) is 0. The first-order chi connectivity index (χ1) is 18.8. The van der Waals surface area contributed by atoms with Crippen molar-refractivity contribution >= 4 is 21.8 Å². The zero-order valence-electron chi connectivity index (χ0n) is 24.3. The first-order valence-corrected chi connectivity index (χ1v) is 15.8. The molecular formula is C34H52N2O2. The van der Waals surface area contributed by atoms with E-state index in [0.29, 0.717) is 11.8 Å². The molecule has 0 unspecified atom stereocenters. The SMILES string of the molecule is CCCCCCCCCCCCOc1ccc2c(ccc3nc(OCCCCCCCCCC)ccc32)n1. The van der Waals surface area contributed by atoms with Gasteiger partial charge in [0, 0.05) is 22.9 Å². The number of hydrogen-bond acceptors (Lipinski definition) is 4. The molecule has 2 heterocycles. The molecule has 0 radical (unpaired) electrons. The maximum atomic E-state index is 5.97. The van der Waals surface area contributed by atoms with Gasteiger partial charge in [-0.25, -0.2) is 9.97 Å². The maximum Gasteiger partial charge on any atom is 0.213 e. The fourth-order valence-electron chi connectivity index (χ4n) is 5.12. The van der Waals surface area contributed by atoms with Crippen LogP contribution >= 0.6 is 0 Å². The van der Waals surface area contributed by atoms with E-state index in [0.717, 1.165) is 47.9 Å². The van der Waals surface area contributed by atoms with E-state index in [1.54, 1.807) is 0 Å². The molecule has 2 aromatic heterocycles. The lowest BCUT2D eigenvalue weighted by molar-refractivity contribution is 0.294. The predicted molar refractivity (Wildman–Crippen MR) is 162 cm³/mol. The van der Waals surface area contributed by atoms with Gasteiger partial charge in [0.2, 0.25) is 11.8 Å². The number of fused-ring (bicyclic) bond motifs is 3. The highest BCUT2D eigenvalue weighted by atomic mass is 16.5. The highest BCUT2D eigenvalue weighted by Gasteiger charge is 2.07. The van der Waals surface area contributed by atoms with Crippen LogP contribution in [0.5, 0.6) is 11.8 Å². The Morgan fingerprint density at radius 2 is 0.763 bits per heavy atom. The van der Waals surface area contributed by atoms with Crippen LogP contribution in [-0.4, -0.2) is 23.2 Å². The maximum absolute atomic E-state index is 5.97. The number of aromatic nitrogens is 2. The standard InChI is InChI=1S/C34H52N2O2/c1-3-5-7-9-11-13-14-16-18-20-28-38-34-26-22-30-29-21-25-33(35-31(29)23-24-32(30)36-34)37-27-19-17-15-12-10-8-6-4-2/h21-26H,3-20,27-28H2,1-2H3. The highest BCUT2D eigenvalue weighted by Crippen LogP contribution is 2.27. The van der Waals surface area contributed by atoms with E-state index in [4.69, 9.17) is 19.4 Å². The van der Waals surface area contributed by atoms with Gasteiger partial charge in [0.15, 0.2) is 0 Å². The lowest BCUT2D eigenvalue weighted by Gasteiger charge is -2.09. The van der Waals surface area contributed by atoms with E-state index in [-0.39, 0.29) is 0 Å². The number of ether oxygens (including phenoxy) is 2. The number of rotatable bonds is 22. The first-order valence-electron chi connectivity index (χ1n) is 15.8. The molecule has 3 aromatic rings. The number of pyridine rings is 2. The Balaban J connectivity index is 1.36. The van der Waals surface area contributed by atoms with Crippen molar-refractivity contribution in [1.82, 2.24) is 9.97 Å². The van der Waals surface area contributed by atoms with E-state index in [2.05, 4.69) is 26.0 Å². The van der Waals surface area contributed by atoms with Gasteiger partial charge in [-0.1, -0.05) is 117 Å². The summed E-state index contributed by atoms with van der Waals surface area (Å²) >= 11 is 0. The van der Waals surface area contributed by atoms with Gasteiger partial charge < -0.3 is 9.47 Å². The third kappa shape index (κ3) is 11.2. The molecule has 210 valence electrons. The summed E-state index contributed by atoms with van der Waals surface area (Å²) in [4.78, 5) is 9.49. The minimum absolute atomic E-state index is 0.712. The van der Waals surface area contributed by atoms with Crippen LogP contribution in [0.4, 0.5) is 0 Å². The zero-order valence-corrected chi connectivity index (χ0v) is 24.3. The minimum Gasteiger partial charge on any atom is -0.478 e. The summed E-state index contributed by atoms with van der Waals surface area (Å²) in [5, 5.41) is 2.21.